The molecule has 4 rings (SSSR count). The van der Waals surface area contributed by atoms with Crippen LogP contribution in [0.5, 0.6) is 11.5 Å². The summed E-state index contributed by atoms with van der Waals surface area (Å²) in [6.45, 7) is 0.858. The average molecular weight is 600 g/mol. The summed E-state index contributed by atoms with van der Waals surface area (Å²) in [5.74, 6) is 1.01. The SMILES string of the molecule is COB1OCc2cccc(CN(CCN(Cc3cccc4c3OB(OC)OC4)CP(=O)(O)O)CP(=O)(O)O)c2O1. The van der Waals surface area contributed by atoms with Crippen LogP contribution in [-0.4, -0.2) is 83.9 Å². The zero-order chi connectivity index (χ0) is 28.9. The predicted molar refractivity (Wildman–Crippen MR) is 144 cm³/mol. The first kappa shape index (κ1) is 31.2. The van der Waals surface area contributed by atoms with Crippen molar-refractivity contribution in [3.8, 4) is 11.5 Å². The average Bonchev–Trinajstić information content (AvgIpc) is 2.89. The third-order valence-corrected chi connectivity index (χ3v) is 7.74. The van der Waals surface area contributed by atoms with Gasteiger partial charge in [0.25, 0.3) is 0 Å². The van der Waals surface area contributed by atoms with Gasteiger partial charge in [0.1, 0.15) is 24.1 Å². The molecule has 0 spiro atoms. The van der Waals surface area contributed by atoms with Crippen molar-refractivity contribution >= 4 is 29.8 Å². The fourth-order valence-electron chi connectivity index (χ4n) is 4.55. The van der Waals surface area contributed by atoms with E-state index in [2.05, 4.69) is 0 Å². The van der Waals surface area contributed by atoms with E-state index in [0.717, 1.165) is 11.1 Å². The molecule has 0 saturated carbocycles. The molecule has 0 unspecified atom stereocenters. The largest absolute Gasteiger partial charge is 0.713 e. The van der Waals surface area contributed by atoms with Gasteiger partial charge in [0.05, 0.1) is 13.2 Å². The van der Waals surface area contributed by atoms with E-state index in [9.17, 15) is 28.7 Å². The molecule has 0 saturated heterocycles. The Morgan fingerprint density at radius 3 is 1.50 bits per heavy atom. The van der Waals surface area contributed by atoms with Crippen LogP contribution in [-0.2, 0) is 54.1 Å². The van der Waals surface area contributed by atoms with Crippen LogP contribution in [0.25, 0.3) is 0 Å². The Kier molecular flexibility index (Phi) is 10.5. The van der Waals surface area contributed by atoms with Crippen LogP contribution in [0.1, 0.15) is 22.3 Å². The first-order chi connectivity index (χ1) is 18.9. The first-order valence-corrected chi connectivity index (χ1v) is 15.9. The first-order valence-electron chi connectivity index (χ1n) is 12.3. The van der Waals surface area contributed by atoms with Gasteiger partial charge in [-0.2, -0.15) is 0 Å². The Balaban J connectivity index is 1.54. The van der Waals surface area contributed by atoms with Gasteiger partial charge in [-0.25, -0.2) is 0 Å². The zero-order valence-electron chi connectivity index (χ0n) is 22.1. The molecule has 0 atom stereocenters. The van der Waals surface area contributed by atoms with Gasteiger partial charge in [-0.05, 0) is 0 Å². The molecule has 0 fully saturated rings. The van der Waals surface area contributed by atoms with Crippen LogP contribution in [0.15, 0.2) is 36.4 Å². The van der Waals surface area contributed by atoms with E-state index in [1.54, 1.807) is 24.3 Å². The predicted octanol–water partition coefficient (Wildman–Crippen LogP) is 1.34. The van der Waals surface area contributed by atoms with Crippen molar-refractivity contribution in [2.75, 3.05) is 39.9 Å². The fraction of sp³-hybridized carbons (Fsp3) is 0.455. The maximum absolute atomic E-state index is 12.0. The Morgan fingerprint density at radius 1 is 0.750 bits per heavy atom. The second kappa shape index (κ2) is 13.5. The lowest BCUT2D eigenvalue weighted by Crippen LogP contribution is -2.37. The quantitative estimate of drug-likeness (QED) is 0.191. The lowest BCUT2D eigenvalue weighted by molar-refractivity contribution is 0.136. The number of benzene rings is 2. The van der Waals surface area contributed by atoms with Crippen molar-refractivity contribution in [3.63, 3.8) is 0 Å². The van der Waals surface area contributed by atoms with Gasteiger partial charge in [0, 0.05) is 62.7 Å². The summed E-state index contributed by atoms with van der Waals surface area (Å²) in [5, 5.41) is 0. The van der Waals surface area contributed by atoms with E-state index in [4.69, 9.17) is 27.9 Å². The molecule has 2 aliphatic heterocycles. The van der Waals surface area contributed by atoms with Crippen molar-refractivity contribution in [1.82, 2.24) is 9.80 Å². The molecule has 2 aromatic carbocycles. The topological polar surface area (TPSA) is 177 Å². The molecule has 218 valence electrons. The summed E-state index contributed by atoms with van der Waals surface area (Å²) in [6, 6.07) is 10.8. The van der Waals surface area contributed by atoms with Crippen molar-refractivity contribution in [3.05, 3.63) is 58.7 Å². The molecule has 0 radical (unpaired) electrons. The minimum Gasteiger partial charge on any atom is -0.511 e. The third kappa shape index (κ3) is 8.86. The molecule has 40 heavy (non-hydrogen) atoms. The molecule has 0 aliphatic carbocycles. The van der Waals surface area contributed by atoms with E-state index in [1.807, 2.05) is 12.1 Å². The molecule has 2 heterocycles. The highest BCUT2D eigenvalue weighted by Crippen LogP contribution is 2.39. The van der Waals surface area contributed by atoms with Gasteiger partial charge in [0.2, 0.25) is 0 Å². The van der Waals surface area contributed by atoms with Gasteiger partial charge in [0.15, 0.2) is 0 Å². The number of fused-ring (bicyclic) bond motifs is 2. The van der Waals surface area contributed by atoms with Crippen LogP contribution in [0, 0.1) is 0 Å². The van der Waals surface area contributed by atoms with Crippen molar-refractivity contribution in [2.24, 2.45) is 0 Å². The molecular weight excluding hydrogens is 568 g/mol. The molecule has 0 bridgehead atoms. The van der Waals surface area contributed by atoms with Crippen LogP contribution < -0.4 is 9.31 Å². The van der Waals surface area contributed by atoms with E-state index in [1.165, 1.54) is 24.0 Å². The number of nitrogens with zero attached hydrogens (tertiary/aromatic N) is 2. The van der Waals surface area contributed by atoms with Crippen LogP contribution in [0.3, 0.4) is 0 Å². The van der Waals surface area contributed by atoms with Crippen molar-refractivity contribution in [1.29, 1.82) is 0 Å². The normalized spacial score (nSPS) is 15.6. The number of hydrogen-bond acceptors (Lipinski definition) is 10. The summed E-state index contributed by atoms with van der Waals surface area (Å²) < 4.78 is 56.7. The molecule has 0 amide bonds. The second-order valence-corrected chi connectivity index (χ2v) is 12.7. The molecule has 2 aromatic rings. The highest BCUT2D eigenvalue weighted by molar-refractivity contribution is 7.51. The Labute approximate surface area is 232 Å². The minimum atomic E-state index is -4.48. The van der Waals surface area contributed by atoms with Gasteiger partial charge in [-0.3, -0.25) is 18.9 Å². The van der Waals surface area contributed by atoms with Crippen LogP contribution >= 0.6 is 15.2 Å². The zero-order valence-corrected chi connectivity index (χ0v) is 23.9. The lowest BCUT2D eigenvalue weighted by atomic mass is 10.0. The second-order valence-electron chi connectivity index (χ2n) is 9.43. The molecule has 4 N–H and O–H groups in total. The van der Waals surface area contributed by atoms with Crippen molar-refractivity contribution in [2.45, 2.75) is 26.3 Å². The number of hydrogen-bond donors (Lipinski definition) is 4. The molecule has 0 aromatic heterocycles. The van der Waals surface area contributed by atoms with Gasteiger partial charge >= 0.3 is 29.8 Å². The van der Waals surface area contributed by atoms with E-state index in [0.29, 0.717) is 22.6 Å². The molecule has 18 heteroatoms. The smallest absolute Gasteiger partial charge is 0.511 e. The summed E-state index contributed by atoms with van der Waals surface area (Å²) in [5.41, 5.74) is 2.84. The van der Waals surface area contributed by atoms with Gasteiger partial charge in [-0.1, -0.05) is 36.4 Å². The maximum Gasteiger partial charge on any atom is 0.713 e. The summed E-state index contributed by atoms with van der Waals surface area (Å²) in [4.78, 5) is 42.1. The highest BCUT2D eigenvalue weighted by Gasteiger charge is 2.33. The Bertz CT molecular complexity index is 1170. The molecular formula is C22H32B2N2O12P2. The standard InChI is InChI=1S/C22H32B2N2O12P2/c1-33-23-35-13-19-7-3-5-17(21(19)37-23)11-25(15-39(27,28)29)9-10-26(16-40(30,31)32)12-18-6-4-8-20-14-36-24(34-2)38-22(18)20/h3-8H,9-16H2,1-2H3,(H2,27,28,29)(H2,30,31,32). The lowest BCUT2D eigenvalue weighted by Gasteiger charge is -2.31. The maximum atomic E-state index is 12.0. The highest BCUT2D eigenvalue weighted by atomic mass is 31.2. The van der Waals surface area contributed by atoms with Gasteiger partial charge < -0.3 is 47.5 Å². The summed E-state index contributed by atoms with van der Waals surface area (Å²) in [7, 11) is -7.92. The minimum absolute atomic E-state index is 0.0820. The number of rotatable bonds is 13. The van der Waals surface area contributed by atoms with E-state index >= 15 is 0 Å². The summed E-state index contributed by atoms with van der Waals surface area (Å²) >= 11 is 0. The van der Waals surface area contributed by atoms with E-state index in [-0.39, 0.29) is 39.4 Å². The number of para-hydroxylation sites is 2. The Morgan fingerprint density at radius 2 is 1.15 bits per heavy atom. The monoisotopic (exact) mass is 600 g/mol. The third-order valence-electron chi connectivity index (χ3n) is 6.21. The molecule has 14 nitrogen and oxygen atoms in total. The van der Waals surface area contributed by atoms with Crippen molar-refractivity contribution < 1.29 is 56.6 Å². The van der Waals surface area contributed by atoms with Crippen LogP contribution in [0.4, 0.5) is 0 Å². The van der Waals surface area contributed by atoms with E-state index < -0.39 is 42.4 Å². The van der Waals surface area contributed by atoms with Gasteiger partial charge in [-0.15, -0.1) is 0 Å². The Hall–Kier alpha value is -1.77. The molecule has 2 aliphatic rings. The summed E-state index contributed by atoms with van der Waals surface area (Å²) in [6.07, 6.45) is -1.14. The fourth-order valence-corrected chi connectivity index (χ4v) is 6.07. The van der Waals surface area contributed by atoms with Crippen LogP contribution in [0.2, 0.25) is 0 Å².